The summed E-state index contributed by atoms with van der Waals surface area (Å²) in [5.41, 5.74) is 0.101. The van der Waals surface area contributed by atoms with Crippen LogP contribution in [0.15, 0.2) is 30.4 Å². The Kier molecular flexibility index (Phi) is 7.62. The van der Waals surface area contributed by atoms with E-state index in [1.807, 2.05) is 6.08 Å². The highest BCUT2D eigenvalue weighted by molar-refractivity contribution is 5.75. The molecule has 0 aromatic heterocycles. The van der Waals surface area contributed by atoms with Crippen molar-refractivity contribution in [2.45, 2.75) is 51.7 Å². The molecule has 0 fully saturated rings. The molecule has 0 atom stereocenters. The van der Waals surface area contributed by atoms with Crippen molar-refractivity contribution in [2.75, 3.05) is 7.11 Å². The number of allylic oxidation sites excluding steroid dienone is 1. The molecular weight excluding hydrogens is 294 g/mol. The summed E-state index contributed by atoms with van der Waals surface area (Å²) >= 11 is 0. The van der Waals surface area contributed by atoms with Gasteiger partial charge in [-0.15, -0.1) is 0 Å². The molecule has 1 rings (SSSR count). The normalized spacial score (nSPS) is 11.7. The minimum atomic E-state index is -0.775. The van der Waals surface area contributed by atoms with Crippen molar-refractivity contribution in [1.82, 2.24) is 5.32 Å². The molecule has 5 nitrogen and oxygen atoms in total. The summed E-state index contributed by atoms with van der Waals surface area (Å²) in [5.74, 6) is 0.487. The maximum Gasteiger partial charge on any atom is 0.220 e. The van der Waals surface area contributed by atoms with Gasteiger partial charge in [0.1, 0.15) is 0 Å². The number of carbonyl (C=O) groups excluding carboxylic acids is 1. The number of amides is 1. The summed E-state index contributed by atoms with van der Waals surface area (Å²) < 4.78 is 5.03. The molecule has 128 valence electrons. The van der Waals surface area contributed by atoms with Crippen molar-refractivity contribution in [3.63, 3.8) is 0 Å². The smallest absolute Gasteiger partial charge is 0.220 e. The number of hydrogen-bond donors (Lipinski definition) is 3. The molecule has 0 radical (unpaired) electrons. The van der Waals surface area contributed by atoms with Crippen LogP contribution in [0.1, 0.15) is 45.1 Å². The average Bonchev–Trinajstić information content (AvgIpc) is 2.48. The fraction of sp³-hybridized carbons (Fsp3) is 0.500. The highest BCUT2D eigenvalue weighted by atomic mass is 16.5. The molecule has 0 saturated carbocycles. The number of methoxy groups -OCH3 is 1. The van der Waals surface area contributed by atoms with Gasteiger partial charge < -0.3 is 20.3 Å². The number of phenols is 1. The van der Waals surface area contributed by atoms with E-state index in [1.165, 1.54) is 7.11 Å². The largest absolute Gasteiger partial charge is 0.504 e. The Morgan fingerprint density at radius 3 is 2.74 bits per heavy atom. The lowest BCUT2D eigenvalue weighted by molar-refractivity contribution is -0.121. The second-order valence-corrected chi connectivity index (χ2v) is 6.08. The summed E-state index contributed by atoms with van der Waals surface area (Å²) in [6, 6.07) is 5.01. The molecule has 0 heterocycles. The molecular formula is C18H27NO4. The first-order valence-corrected chi connectivity index (χ1v) is 7.84. The first-order valence-electron chi connectivity index (χ1n) is 7.84. The molecule has 0 aliphatic carbocycles. The van der Waals surface area contributed by atoms with Crippen LogP contribution in [0.4, 0.5) is 0 Å². The van der Waals surface area contributed by atoms with Gasteiger partial charge in [0.25, 0.3) is 0 Å². The van der Waals surface area contributed by atoms with E-state index in [0.29, 0.717) is 18.7 Å². The Labute approximate surface area is 138 Å². The number of unbranched alkanes of at least 4 members (excludes halogenated alkanes) is 2. The highest BCUT2D eigenvalue weighted by Gasteiger charge is 2.06. The van der Waals surface area contributed by atoms with E-state index in [1.54, 1.807) is 38.1 Å². The standard InChI is InChI=1S/C18H27NO4/c1-18(2,22)11-7-5-4-6-8-17(21)19-13-14-9-10-15(20)16(12-14)23-3/h7,9-12,20,22H,4-6,8,13H2,1-3H3,(H,19,21)/b11-7+. The molecule has 0 aliphatic heterocycles. The lowest BCUT2D eigenvalue weighted by Gasteiger charge is -2.10. The van der Waals surface area contributed by atoms with Gasteiger partial charge in [-0.1, -0.05) is 18.2 Å². The molecule has 23 heavy (non-hydrogen) atoms. The lowest BCUT2D eigenvalue weighted by atomic mass is 10.1. The Bertz CT molecular complexity index is 532. The van der Waals surface area contributed by atoms with Gasteiger partial charge in [-0.25, -0.2) is 0 Å². The quantitative estimate of drug-likeness (QED) is 0.483. The molecule has 0 spiro atoms. The van der Waals surface area contributed by atoms with Gasteiger partial charge in [-0.3, -0.25) is 4.79 Å². The van der Waals surface area contributed by atoms with E-state index in [4.69, 9.17) is 4.74 Å². The molecule has 1 aromatic carbocycles. The van der Waals surface area contributed by atoms with E-state index in [2.05, 4.69) is 5.32 Å². The molecule has 3 N–H and O–H groups in total. The monoisotopic (exact) mass is 321 g/mol. The van der Waals surface area contributed by atoms with Crippen LogP contribution in [0.25, 0.3) is 0 Å². The third kappa shape index (κ3) is 8.26. The van der Waals surface area contributed by atoms with Crippen LogP contribution < -0.4 is 10.1 Å². The SMILES string of the molecule is COc1cc(CNC(=O)CCCC/C=C/C(C)(C)O)ccc1O. The molecule has 0 aliphatic rings. The van der Waals surface area contributed by atoms with Gasteiger partial charge in [-0.05, 0) is 50.8 Å². The fourth-order valence-corrected chi connectivity index (χ4v) is 2.04. The first-order chi connectivity index (χ1) is 10.8. The summed E-state index contributed by atoms with van der Waals surface area (Å²) in [6.07, 6.45) is 6.76. The lowest BCUT2D eigenvalue weighted by Crippen LogP contribution is -2.22. The predicted molar refractivity (Wildman–Crippen MR) is 90.4 cm³/mol. The zero-order valence-electron chi connectivity index (χ0n) is 14.1. The number of aliphatic hydroxyl groups is 1. The number of hydrogen-bond acceptors (Lipinski definition) is 4. The number of phenolic OH excluding ortho intramolecular Hbond substituents is 1. The van der Waals surface area contributed by atoms with Crippen molar-refractivity contribution < 1.29 is 19.7 Å². The van der Waals surface area contributed by atoms with Crippen LogP contribution in [-0.2, 0) is 11.3 Å². The van der Waals surface area contributed by atoms with Crippen molar-refractivity contribution in [3.8, 4) is 11.5 Å². The fourth-order valence-electron chi connectivity index (χ4n) is 2.04. The number of rotatable bonds is 9. The zero-order chi connectivity index (χ0) is 17.3. The van der Waals surface area contributed by atoms with Crippen molar-refractivity contribution in [3.05, 3.63) is 35.9 Å². The summed E-state index contributed by atoms with van der Waals surface area (Å²) in [6.45, 7) is 3.87. The minimum Gasteiger partial charge on any atom is -0.504 e. The Morgan fingerprint density at radius 1 is 1.35 bits per heavy atom. The van der Waals surface area contributed by atoms with Crippen LogP contribution in [0.2, 0.25) is 0 Å². The molecule has 0 saturated heterocycles. The van der Waals surface area contributed by atoms with E-state index in [-0.39, 0.29) is 11.7 Å². The molecule has 1 amide bonds. The van der Waals surface area contributed by atoms with Crippen LogP contribution in [-0.4, -0.2) is 28.8 Å². The van der Waals surface area contributed by atoms with Gasteiger partial charge >= 0.3 is 0 Å². The van der Waals surface area contributed by atoms with Gasteiger partial charge in [0.15, 0.2) is 11.5 Å². The van der Waals surface area contributed by atoms with Gasteiger partial charge in [0.2, 0.25) is 5.91 Å². The highest BCUT2D eigenvalue weighted by Crippen LogP contribution is 2.26. The summed E-state index contributed by atoms with van der Waals surface area (Å²) in [4.78, 5) is 11.8. The molecule has 5 heteroatoms. The Hall–Kier alpha value is -2.01. The topological polar surface area (TPSA) is 78.8 Å². The zero-order valence-corrected chi connectivity index (χ0v) is 14.1. The second kappa shape index (κ2) is 9.20. The molecule has 1 aromatic rings. The van der Waals surface area contributed by atoms with E-state index < -0.39 is 5.60 Å². The molecule has 0 bridgehead atoms. The van der Waals surface area contributed by atoms with Gasteiger partial charge in [-0.2, -0.15) is 0 Å². The Balaban J connectivity index is 2.23. The summed E-state index contributed by atoms with van der Waals surface area (Å²) in [5, 5.41) is 21.9. The van der Waals surface area contributed by atoms with Crippen molar-refractivity contribution in [2.24, 2.45) is 0 Å². The number of aromatic hydroxyl groups is 1. The van der Waals surface area contributed by atoms with Crippen LogP contribution in [0, 0.1) is 0 Å². The van der Waals surface area contributed by atoms with Crippen LogP contribution >= 0.6 is 0 Å². The number of carbonyl (C=O) groups is 1. The van der Waals surface area contributed by atoms with E-state index >= 15 is 0 Å². The predicted octanol–water partition coefficient (Wildman–Crippen LogP) is 2.90. The van der Waals surface area contributed by atoms with E-state index in [9.17, 15) is 15.0 Å². The third-order valence-corrected chi connectivity index (χ3v) is 3.28. The number of ether oxygens (including phenoxy) is 1. The number of nitrogens with one attached hydrogen (secondary N) is 1. The number of benzene rings is 1. The minimum absolute atomic E-state index is 0.00325. The second-order valence-electron chi connectivity index (χ2n) is 6.08. The van der Waals surface area contributed by atoms with Crippen molar-refractivity contribution in [1.29, 1.82) is 0 Å². The van der Waals surface area contributed by atoms with Crippen LogP contribution in [0.3, 0.4) is 0 Å². The van der Waals surface area contributed by atoms with Gasteiger partial charge in [0, 0.05) is 13.0 Å². The van der Waals surface area contributed by atoms with Crippen molar-refractivity contribution >= 4 is 5.91 Å². The Morgan fingerprint density at radius 2 is 2.09 bits per heavy atom. The first kappa shape index (κ1) is 19.0. The van der Waals surface area contributed by atoms with Crippen LogP contribution in [0.5, 0.6) is 11.5 Å². The third-order valence-electron chi connectivity index (χ3n) is 3.28. The average molecular weight is 321 g/mol. The van der Waals surface area contributed by atoms with Gasteiger partial charge in [0.05, 0.1) is 12.7 Å². The maximum absolute atomic E-state index is 11.8. The molecule has 0 unspecified atom stereocenters. The van der Waals surface area contributed by atoms with E-state index in [0.717, 1.165) is 24.8 Å². The summed E-state index contributed by atoms with van der Waals surface area (Å²) in [7, 11) is 1.49. The maximum atomic E-state index is 11.8.